The van der Waals surface area contributed by atoms with Crippen molar-refractivity contribution in [3.8, 4) is 0 Å². The van der Waals surface area contributed by atoms with Gasteiger partial charge in [0.2, 0.25) is 0 Å². The Balaban J connectivity index is 0.00000242. The molecule has 0 fully saturated rings. The Kier molecular flexibility index (Phi) is 8.39. The summed E-state index contributed by atoms with van der Waals surface area (Å²) in [6.45, 7) is 2.17. The van der Waals surface area contributed by atoms with Crippen LogP contribution in [0.5, 0.6) is 0 Å². The molecule has 2 aromatic rings. The number of hydrogen-bond donors (Lipinski definition) is 1. The van der Waals surface area contributed by atoms with E-state index in [1.54, 1.807) is 32.8 Å². The molecule has 0 amide bonds. The van der Waals surface area contributed by atoms with Crippen molar-refractivity contribution in [3.63, 3.8) is 0 Å². The van der Waals surface area contributed by atoms with Gasteiger partial charge in [-0.05, 0) is 36.1 Å². The Morgan fingerprint density at radius 1 is 1.18 bits per heavy atom. The molecule has 1 N–H and O–H groups in total. The molecule has 1 aromatic heterocycles. The van der Waals surface area contributed by atoms with Crippen molar-refractivity contribution in [2.75, 3.05) is 0 Å². The first-order valence-electron chi connectivity index (χ1n) is 6.59. The number of unbranched alkanes of at least 4 members (excludes halogenated alkanes) is 1. The maximum Gasteiger partial charge on any atom is 1.00 e. The zero-order valence-electron chi connectivity index (χ0n) is 12.5. The number of rotatable bonds is 6. The molecule has 3 nitrogen and oxygen atoms in total. The normalized spacial score (nSPS) is 11.2. The minimum absolute atomic E-state index is 0. The smallest absolute Gasteiger partial charge is 0.282 e. The van der Waals surface area contributed by atoms with Gasteiger partial charge in [0.25, 0.3) is 10.1 Å². The molecule has 22 heavy (non-hydrogen) atoms. The molecule has 1 heterocycles. The van der Waals surface area contributed by atoms with E-state index in [0.717, 1.165) is 28.6 Å². The molecular formula is C14H16NaO3S4+. The van der Waals surface area contributed by atoms with Crippen LogP contribution in [0.3, 0.4) is 0 Å². The van der Waals surface area contributed by atoms with Gasteiger partial charge in [0.15, 0.2) is 0 Å². The Hall–Kier alpha value is 0.400. The standard InChI is InChI=1S/C14H16O3S4.Na/c1-2-3-4-13-12(14(18)20-19-13)9-10-5-7-11(8-6-10)21(15,16)17;/h5-8H,2-4,9H2,1H3,(H,15,16,17);/q;+1. The van der Waals surface area contributed by atoms with E-state index in [2.05, 4.69) is 6.92 Å². The second kappa shape index (κ2) is 9.03. The van der Waals surface area contributed by atoms with E-state index in [1.165, 1.54) is 22.6 Å². The molecule has 0 saturated heterocycles. The van der Waals surface area contributed by atoms with E-state index in [1.807, 2.05) is 0 Å². The van der Waals surface area contributed by atoms with Gasteiger partial charge >= 0.3 is 29.6 Å². The van der Waals surface area contributed by atoms with Crippen molar-refractivity contribution < 1.29 is 42.5 Å². The molecule has 0 saturated carbocycles. The topological polar surface area (TPSA) is 54.4 Å². The minimum atomic E-state index is -4.13. The third kappa shape index (κ3) is 5.49. The van der Waals surface area contributed by atoms with Gasteiger partial charge in [-0.15, -0.1) is 0 Å². The fourth-order valence-corrected chi connectivity index (χ4v) is 5.45. The van der Waals surface area contributed by atoms with Gasteiger partial charge in [0.1, 0.15) is 3.82 Å². The Morgan fingerprint density at radius 3 is 2.36 bits per heavy atom. The molecule has 0 unspecified atom stereocenters. The molecular weight excluding hydrogens is 367 g/mol. The molecule has 0 aliphatic rings. The molecule has 114 valence electrons. The first kappa shape index (κ1) is 20.4. The molecule has 0 radical (unpaired) electrons. The van der Waals surface area contributed by atoms with E-state index in [-0.39, 0.29) is 34.5 Å². The van der Waals surface area contributed by atoms with E-state index >= 15 is 0 Å². The van der Waals surface area contributed by atoms with Gasteiger partial charge in [-0.2, -0.15) is 8.42 Å². The van der Waals surface area contributed by atoms with Crippen LogP contribution < -0.4 is 29.6 Å². The van der Waals surface area contributed by atoms with Crippen LogP contribution in [0.2, 0.25) is 0 Å². The van der Waals surface area contributed by atoms with Crippen LogP contribution in [-0.4, -0.2) is 13.0 Å². The van der Waals surface area contributed by atoms with Crippen LogP contribution in [0, 0.1) is 3.82 Å². The monoisotopic (exact) mass is 383 g/mol. The predicted molar refractivity (Wildman–Crippen MR) is 90.7 cm³/mol. The summed E-state index contributed by atoms with van der Waals surface area (Å²) >= 11 is 5.40. The second-order valence-corrected chi connectivity index (χ2v) is 9.08. The number of aryl methyl sites for hydroxylation is 1. The van der Waals surface area contributed by atoms with E-state index < -0.39 is 10.1 Å². The van der Waals surface area contributed by atoms with E-state index in [4.69, 9.17) is 16.8 Å². The Bertz CT molecular complexity index is 760. The zero-order chi connectivity index (χ0) is 15.5. The summed E-state index contributed by atoms with van der Waals surface area (Å²) in [6.07, 6.45) is 4.06. The summed E-state index contributed by atoms with van der Waals surface area (Å²) in [6, 6.07) is 6.30. The van der Waals surface area contributed by atoms with Crippen LogP contribution in [0.4, 0.5) is 0 Å². The van der Waals surface area contributed by atoms with Gasteiger partial charge in [-0.3, -0.25) is 4.55 Å². The summed E-state index contributed by atoms with van der Waals surface area (Å²) in [7, 11) is -0.753. The summed E-state index contributed by atoms with van der Waals surface area (Å²) in [5.74, 6) is 0. The van der Waals surface area contributed by atoms with Crippen LogP contribution >= 0.6 is 32.9 Å². The molecule has 1 aromatic carbocycles. The van der Waals surface area contributed by atoms with Gasteiger partial charge in [-0.1, -0.05) is 58.4 Å². The van der Waals surface area contributed by atoms with Crippen LogP contribution in [0.1, 0.15) is 35.8 Å². The summed E-state index contributed by atoms with van der Waals surface area (Å²) in [4.78, 5) is 1.26. The predicted octanol–water partition coefficient (Wildman–Crippen LogP) is 1.72. The largest absolute Gasteiger partial charge is 1.00 e. The van der Waals surface area contributed by atoms with Gasteiger partial charge < -0.3 is 0 Å². The Labute approximate surface area is 165 Å². The van der Waals surface area contributed by atoms with Crippen LogP contribution in [0.25, 0.3) is 0 Å². The minimum Gasteiger partial charge on any atom is -0.282 e. The molecule has 0 spiro atoms. The maximum absolute atomic E-state index is 11.0. The fraction of sp³-hybridized carbons (Fsp3) is 0.357. The van der Waals surface area contributed by atoms with E-state index in [9.17, 15) is 8.42 Å². The fourth-order valence-electron chi connectivity index (χ4n) is 1.99. The third-order valence-electron chi connectivity index (χ3n) is 3.16. The molecule has 0 atom stereocenters. The number of benzene rings is 1. The SMILES string of the molecule is CCCCc1ssc(=S)c1Cc1ccc(S(=O)(=O)O)cc1.[Na+]. The van der Waals surface area contributed by atoms with Crippen molar-refractivity contribution >= 4 is 43.0 Å². The Morgan fingerprint density at radius 2 is 1.82 bits per heavy atom. The van der Waals surface area contributed by atoms with Gasteiger partial charge in [-0.25, -0.2) is 0 Å². The van der Waals surface area contributed by atoms with Crippen LogP contribution in [-0.2, 0) is 23.0 Å². The summed E-state index contributed by atoms with van der Waals surface area (Å²) in [5.41, 5.74) is 2.19. The van der Waals surface area contributed by atoms with Crippen molar-refractivity contribution in [2.45, 2.75) is 37.5 Å². The maximum atomic E-state index is 11.0. The summed E-state index contributed by atoms with van der Waals surface area (Å²) < 4.78 is 32.0. The van der Waals surface area contributed by atoms with Crippen molar-refractivity contribution in [1.29, 1.82) is 0 Å². The molecule has 2 rings (SSSR count). The first-order chi connectivity index (χ1) is 9.91. The average molecular weight is 384 g/mol. The first-order valence-corrected chi connectivity index (χ1v) is 10.6. The zero-order valence-corrected chi connectivity index (χ0v) is 17.8. The van der Waals surface area contributed by atoms with E-state index in [0.29, 0.717) is 6.42 Å². The molecule has 8 heteroatoms. The van der Waals surface area contributed by atoms with Crippen LogP contribution in [0.15, 0.2) is 29.2 Å². The molecule has 0 bridgehead atoms. The van der Waals surface area contributed by atoms with Crippen molar-refractivity contribution in [2.24, 2.45) is 0 Å². The molecule has 0 aliphatic heterocycles. The van der Waals surface area contributed by atoms with Crippen molar-refractivity contribution in [3.05, 3.63) is 44.1 Å². The average Bonchev–Trinajstić information content (AvgIpc) is 2.77. The second-order valence-electron chi connectivity index (χ2n) is 4.76. The van der Waals surface area contributed by atoms with Gasteiger partial charge in [0.05, 0.1) is 4.90 Å². The quantitative estimate of drug-likeness (QED) is 0.357. The van der Waals surface area contributed by atoms with Gasteiger partial charge in [0, 0.05) is 11.3 Å². The summed E-state index contributed by atoms with van der Waals surface area (Å²) in [5, 5.41) is 0. The third-order valence-corrected chi connectivity index (χ3v) is 7.33. The molecule has 0 aliphatic carbocycles. The number of hydrogen-bond acceptors (Lipinski definition) is 5. The van der Waals surface area contributed by atoms with Crippen molar-refractivity contribution in [1.82, 2.24) is 0 Å².